The molecular formula is C22H27F3N2O3S. The van der Waals surface area contributed by atoms with Crippen LogP contribution in [0.4, 0.5) is 13.2 Å². The number of hydrogen-bond acceptors (Lipinski definition) is 4. The first-order valence-corrected chi connectivity index (χ1v) is 10.7. The van der Waals surface area contributed by atoms with Gasteiger partial charge in [0.25, 0.3) is 5.91 Å². The second-order valence-electron chi connectivity index (χ2n) is 7.71. The van der Waals surface area contributed by atoms with Gasteiger partial charge < -0.3 is 14.4 Å². The molecular weight excluding hydrogens is 429 g/mol. The Labute approximate surface area is 182 Å². The molecule has 5 nitrogen and oxygen atoms in total. The maximum absolute atomic E-state index is 13.2. The monoisotopic (exact) mass is 456 g/mol. The number of aliphatic hydroxyl groups is 1. The highest BCUT2D eigenvalue weighted by Crippen LogP contribution is 2.33. The number of carbonyl (C=O) groups is 1. The van der Waals surface area contributed by atoms with Crippen LogP contribution in [-0.4, -0.2) is 27.8 Å². The van der Waals surface area contributed by atoms with E-state index >= 15 is 0 Å². The number of nitrogens with zero attached hydrogens (tertiary/aromatic N) is 2. The van der Waals surface area contributed by atoms with Crippen molar-refractivity contribution in [2.75, 3.05) is 6.61 Å². The summed E-state index contributed by atoms with van der Waals surface area (Å²) in [7, 11) is 0. The molecule has 0 spiro atoms. The third-order valence-corrected chi connectivity index (χ3v) is 5.30. The molecule has 2 aromatic rings. The Morgan fingerprint density at radius 1 is 1.35 bits per heavy atom. The number of rotatable bonds is 7. The minimum Gasteiger partial charge on any atom is -0.490 e. The molecule has 0 bridgehead atoms. The Hall–Kier alpha value is -2.39. The minimum atomic E-state index is -4.63. The molecule has 1 aromatic carbocycles. The molecule has 2 rings (SSSR count). The number of aromatic nitrogens is 1. The Kier molecular flexibility index (Phi) is 7.88. The number of ether oxygens (including phenoxy) is 1. The van der Waals surface area contributed by atoms with Gasteiger partial charge in [0.2, 0.25) is 0 Å². The van der Waals surface area contributed by atoms with Gasteiger partial charge in [-0.2, -0.15) is 18.2 Å². The first-order chi connectivity index (χ1) is 14.4. The molecule has 0 aliphatic carbocycles. The van der Waals surface area contributed by atoms with Crippen molar-refractivity contribution in [3.05, 3.63) is 44.0 Å². The van der Waals surface area contributed by atoms with Crippen molar-refractivity contribution in [2.45, 2.75) is 58.9 Å². The van der Waals surface area contributed by atoms with Crippen molar-refractivity contribution in [2.24, 2.45) is 4.99 Å². The van der Waals surface area contributed by atoms with Crippen LogP contribution < -0.4 is 19.4 Å². The van der Waals surface area contributed by atoms with Gasteiger partial charge in [-0.3, -0.25) is 4.79 Å². The predicted octanol–water partition coefficient (Wildman–Crippen LogP) is 3.47. The highest BCUT2D eigenvalue weighted by atomic mass is 32.1. The summed E-state index contributed by atoms with van der Waals surface area (Å²) >= 11 is 1.20. The first-order valence-electron chi connectivity index (χ1n) is 9.87. The summed E-state index contributed by atoms with van der Waals surface area (Å²) in [6, 6.07) is 2.64. The number of thiazole rings is 1. The second kappa shape index (κ2) is 9.82. The zero-order valence-corrected chi connectivity index (χ0v) is 18.9. The second-order valence-corrected chi connectivity index (χ2v) is 8.78. The van der Waals surface area contributed by atoms with Crippen molar-refractivity contribution in [3.63, 3.8) is 0 Å². The molecule has 0 atom stereocenters. The SMILES string of the molecule is C=c1sc(=NC(=O)c2cc(C(F)(F)F)ccc2OCC(C)(C)O)n(CCCC)c1=CC. The number of amides is 1. The topological polar surface area (TPSA) is 63.8 Å². The van der Waals surface area contributed by atoms with E-state index in [1.807, 2.05) is 24.5 Å². The summed E-state index contributed by atoms with van der Waals surface area (Å²) in [6.45, 7) is 11.2. The van der Waals surface area contributed by atoms with Crippen molar-refractivity contribution < 1.29 is 27.8 Å². The minimum absolute atomic E-state index is 0.0716. The molecule has 0 saturated heterocycles. The third-order valence-electron chi connectivity index (χ3n) is 4.35. The molecule has 1 aromatic heterocycles. The normalized spacial score (nSPS) is 13.7. The van der Waals surface area contributed by atoms with Gasteiger partial charge in [-0.1, -0.05) is 37.3 Å². The number of benzene rings is 1. The van der Waals surface area contributed by atoms with Gasteiger partial charge in [-0.25, -0.2) is 0 Å². The van der Waals surface area contributed by atoms with Gasteiger partial charge in [0.15, 0.2) is 4.80 Å². The Morgan fingerprint density at radius 3 is 2.58 bits per heavy atom. The van der Waals surface area contributed by atoms with Crippen LogP contribution in [0.1, 0.15) is 56.5 Å². The van der Waals surface area contributed by atoms with E-state index in [-0.39, 0.29) is 17.9 Å². The van der Waals surface area contributed by atoms with Crippen LogP contribution in [0.3, 0.4) is 0 Å². The predicted molar refractivity (Wildman–Crippen MR) is 115 cm³/mol. The number of halogens is 3. The van der Waals surface area contributed by atoms with E-state index in [9.17, 15) is 23.1 Å². The maximum atomic E-state index is 13.2. The number of carbonyl (C=O) groups excluding carboxylic acids is 1. The molecule has 170 valence electrons. The van der Waals surface area contributed by atoms with Crippen LogP contribution in [0, 0.1) is 0 Å². The van der Waals surface area contributed by atoms with Crippen LogP contribution in [0.2, 0.25) is 0 Å². The van der Waals surface area contributed by atoms with Crippen LogP contribution >= 0.6 is 11.3 Å². The maximum Gasteiger partial charge on any atom is 0.416 e. The average molecular weight is 457 g/mol. The fraction of sp³-hybridized carbons (Fsp3) is 0.455. The summed E-state index contributed by atoms with van der Waals surface area (Å²) in [5, 5.41) is 10.7. The van der Waals surface area contributed by atoms with Crippen LogP contribution in [0.25, 0.3) is 12.7 Å². The summed E-state index contributed by atoms with van der Waals surface area (Å²) in [5.74, 6) is -0.927. The molecule has 1 N–H and O–H groups in total. The standard InChI is InChI=1S/C22H27F3N2O3S/c1-6-8-11-27-17(7-2)14(3)31-20(27)26-19(28)16-12-15(22(23,24)25)9-10-18(16)30-13-21(4,5)29/h7,9-10,12,29H,3,6,8,11,13H2,1-2,4-5H3. The molecule has 0 fully saturated rings. The van der Waals surface area contributed by atoms with Crippen molar-refractivity contribution >= 4 is 29.9 Å². The van der Waals surface area contributed by atoms with Crippen molar-refractivity contribution in [1.82, 2.24) is 4.57 Å². The van der Waals surface area contributed by atoms with Gasteiger partial charge in [0.1, 0.15) is 12.4 Å². The molecule has 9 heteroatoms. The van der Waals surface area contributed by atoms with Gasteiger partial charge >= 0.3 is 6.18 Å². The van der Waals surface area contributed by atoms with Crippen molar-refractivity contribution in [3.8, 4) is 5.75 Å². The molecule has 0 aliphatic rings. The summed E-state index contributed by atoms with van der Waals surface area (Å²) in [4.78, 5) is 17.4. The lowest BCUT2D eigenvalue weighted by molar-refractivity contribution is -0.137. The zero-order chi connectivity index (χ0) is 23.4. The van der Waals surface area contributed by atoms with Gasteiger partial charge in [0.05, 0.1) is 22.1 Å². The largest absolute Gasteiger partial charge is 0.490 e. The lowest BCUT2D eigenvalue weighted by atomic mass is 10.1. The third kappa shape index (κ3) is 6.54. The molecule has 0 saturated carbocycles. The Balaban J connectivity index is 2.61. The highest BCUT2D eigenvalue weighted by molar-refractivity contribution is 7.06. The Bertz CT molecular complexity index is 1110. The van der Waals surface area contributed by atoms with Gasteiger partial charge in [-0.05, 0) is 45.4 Å². The molecule has 0 unspecified atom stereocenters. The molecule has 1 heterocycles. The lowest BCUT2D eigenvalue weighted by Crippen LogP contribution is -2.32. The lowest BCUT2D eigenvalue weighted by Gasteiger charge is -2.19. The fourth-order valence-electron chi connectivity index (χ4n) is 2.80. The zero-order valence-electron chi connectivity index (χ0n) is 18.0. The van der Waals surface area contributed by atoms with Crippen LogP contribution in [-0.2, 0) is 12.7 Å². The highest BCUT2D eigenvalue weighted by Gasteiger charge is 2.32. The smallest absolute Gasteiger partial charge is 0.416 e. The van der Waals surface area contributed by atoms with Gasteiger partial charge in [-0.15, -0.1) is 0 Å². The molecule has 0 radical (unpaired) electrons. The number of hydrogen-bond donors (Lipinski definition) is 1. The van der Waals surface area contributed by atoms with E-state index in [4.69, 9.17) is 4.74 Å². The van der Waals surface area contributed by atoms with E-state index in [2.05, 4.69) is 11.6 Å². The average Bonchev–Trinajstić information content (AvgIpc) is 2.96. The number of unbranched alkanes of at least 4 members (excludes halogenated alkanes) is 1. The number of alkyl halides is 3. The van der Waals surface area contributed by atoms with Crippen molar-refractivity contribution in [1.29, 1.82) is 0 Å². The van der Waals surface area contributed by atoms with E-state index in [1.54, 1.807) is 0 Å². The Morgan fingerprint density at radius 2 is 2.03 bits per heavy atom. The quantitative estimate of drug-likeness (QED) is 0.694. The molecule has 0 aliphatic heterocycles. The van der Waals surface area contributed by atoms with Gasteiger partial charge in [0, 0.05) is 11.1 Å². The van der Waals surface area contributed by atoms with E-state index in [1.165, 1.54) is 25.2 Å². The van der Waals surface area contributed by atoms with Crippen LogP contribution in [0.15, 0.2) is 23.2 Å². The molecule has 1 amide bonds. The molecule has 31 heavy (non-hydrogen) atoms. The van der Waals surface area contributed by atoms with E-state index in [0.717, 1.165) is 36.4 Å². The fourth-order valence-corrected chi connectivity index (χ4v) is 3.79. The summed E-state index contributed by atoms with van der Waals surface area (Å²) in [6.07, 6.45) is -0.991. The summed E-state index contributed by atoms with van der Waals surface area (Å²) < 4.78 is 47.7. The van der Waals surface area contributed by atoms with Crippen LogP contribution in [0.5, 0.6) is 5.75 Å². The summed E-state index contributed by atoms with van der Waals surface area (Å²) in [5.41, 5.74) is -2.53. The first kappa shape index (κ1) is 24.9. The van der Waals surface area contributed by atoms with E-state index < -0.39 is 23.2 Å². The van der Waals surface area contributed by atoms with E-state index in [0.29, 0.717) is 15.9 Å².